The third-order valence-corrected chi connectivity index (χ3v) is 3.23. The van der Waals surface area contributed by atoms with Crippen molar-refractivity contribution in [2.75, 3.05) is 14.2 Å². The van der Waals surface area contributed by atoms with Gasteiger partial charge in [-0.05, 0) is 17.7 Å². The van der Waals surface area contributed by atoms with Crippen molar-refractivity contribution in [3.63, 3.8) is 0 Å². The van der Waals surface area contributed by atoms with Gasteiger partial charge in [0.05, 0.1) is 14.2 Å². The number of guanidine groups is 1. The summed E-state index contributed by atoms with van der Waals surface area (Å²) in [6.07, 6.45) is 0. The molecule has 2 aromatic carbocycles. The summed E-state index contributed by atoms with van der Waals surface area (Å²) in [5.41, 5.74) is 13.9. The van der Waals surface area contributed by atoms with Gasteiger partial charge in [-0.1, -0.05) is 30.3 Å². The monoisotopic (exact) mass is 442 g/mol. The van der Waals surface area contributed by atoms with E-state index in [1.54, 1.807) is 0 Å². The number of carbonyl (C=O) groups excluding carboxylic acids is 1. The molecule has 12 nitrogen and oxygen atoms in total. The molecule has 0 aliphatic heterocycles. The van der Waals surface area contributed by atoms with Crippen molar-refractivity contribution < 1.29 is 36.5 Å². The molecule has 0 fully saturated rings. The molecule has 0 heterocycles. The first-order valence-electron chi connectivity index (χ1n) is 8.06. The van der Waals surface area contributed by atoms with E-state index in [4.69, 9.17) is 43.2 Å². The van der Waals surface area contributed by atoms with Crippen molar-refractivity contribution in [2.24, 2.45) is 16.6 Å². The average Bonchev–Trinajstić information content (AvgIpc) is 2.69. The minimum absolute atomic E-state index is 0.255. The summed E-state index contributed by atoms with van der Waals surface area (Å²) in [6, 6.07) is 12.6. The highest BCUT2D eigenvalue weighted by molar-refractivity contribution is 7.79. The van der Waals surface area contributed by atoms with E-state index in [1.165, 1.54) is 26.4 Å². The van der Waals surface area contributed by atoms with Gasteiger partial charge in [0.2, 0.25) is 11.7 Å². The Kier molecular flexibility index (Phi) is 9.35. The SMILES string of the molecule is COc1cc(C(=O)NN=C(N)N)cc(OCc2ccccc2)c1OC.O=S(=O)(O)O. The van der Waals surface area contributed by atoms with Crippen LogP contribution in [-0.2, 0) is 17.0 Å². The van der Waals surface area contributed by atoms with Gasteiger partial charge >= 0.3 is 10.4 Å². The van der Waals surface area contributed by atoms with Crippen molar-refractivity contribution in [1.29, 1.82) is 0 Å². The highest BCUT2D eigenvalue weighted by Crippen LogP contribution is 2.38. The van der Waals surface area contributed by atoms with Crippen LogP contribution in [0.3, 0.4) is 0 Å². The molecule has 30 heavy (non-hydrogen) atoms. The smallest absolute Gasteiger partial charge is 0.394 e. The molecule has 13 heteroatoms. The molecule has 0 spiro atoms. The molecule has 0 saturated carbocycles. The van der Waals surface area contributed by atoms with Gasteiger partial charge in [0.25, 0.3) is 5.91 Å². The molecule has 7 N–H and O–H groups in total. The molecule has 0 aliphatic carbocycles. The fourth-order valence-electron chi connectivity index (χ4n) is 2.08. The van der Waals surface area contributed by atoms with Crippen LogP contribution in [0, 0.1) is 0 Å². The lowest BCUT2D eigenvalue weighted by Crippen LogP contribution is -2.29. The van der Waals surface area contributed by atoms with Crippen LogP contribution < -0.4 is 31.1 Å². The maximum absolute atomic E-state index is 12.2. The molecule has 0 bridgehead atoms. The lowest BCUT2D eigenvalue weighted by atomic mass is 10.1. The van der Waals surface area contributed by atoms with E-state index >= 15 is 0 Å². The lowest BCUT2D eigenvalue weighted by molar-refractivity contribution is 0.0953. The second-order valence-electron chi connectivity index (χ2n) is 5.41. The molecule has 0 atom stereocenters. The Labute approximate surface area is 173 Å². The topological polar surface area (TPSA) is 196 Å². The lowest BCUT2D eigenvalue weighted by Gasteiger charge is -2.15. The number of nitrogens with two attached hydrogens (primary N) is 2. The number of nitrogens with one attached hydrogen (secondary N) is 1. The maximum Gasteiger partial charge on any atom is 0.394 e. The number of hydrogen-bond donors (Lipinski definition) is 5. The zero-order valence-electron chi connectivity index (χ0n) is 16.1. The van der Waals surface area contributed by atoms with Crippen LogP contribution in [0.1, 0.15) is 15.9 Å². The number of ether oxygens (including phenoxy) is 3. The summed E-state index contributed by atoms with van der Waals surface area (Å²) < 4.78 is 48.0. The van der Waals surface area contributed by atoms with Crippen LogP contribution in [0.2, 0.25) is 0 Å². The first-order valence-corrected chi connectivity index (χ1v) is 9.46. The number of amides is 1. The van der Waals surface area contributed by atoms with Gasteiger partial charge < -0.3 is 25.7 Å². The fourth-order valence-corrected chi connectivity index (χ4v) is 2.08. The number of methoxy groups -OCH3 is 2. The summed E-state index contributed by atoms with van der Waals surface area (Å²) in [7, 11) is -1.71. The average molecular weight is 442 g/mol. The fraction of sp³-hybridized carbons (Fsp3) is 0.176. The van der Waals surface area contributed by atoms with Crippen LogP contribution in [0.5, 0.6) is 17.2 Å². The van der Waals surface area contributed by atoms with Crippen LogP contribution >= 0.6 is 0 Å². The quantitative estimate of drug-likeness (QED) is 0.175. The van der Waals surface area contributed by atoms with E-state index < -0.39 is 16.3 Å². The van der Waals surface area contributed by atoms with Gasteiger partial charge in [-0.15, -0.1) is 5.10 Å². The van der Waals surface area contributed by atoms with Gasteiger partial charge in [0, 0.05) is 5.56 Å². The van der Waals surface area contributed by atoms with E-state index in [-0.39, 0.29) is 11.5 Å². The van der Waals surface area contributed by atoms with E-state index in [2.05, 4.69) is 10.5 Å². The molecule has 0 unspecified atom stereocenters. The zero-order valence-corrected chi connectivity index (χ0v) is 16.9. The number of benzene rings is 2. The molecular weight excluding hydrogens is 420 g/mol. The third-order valence-electron chi connectivity index (χ3n) is 3.23. The van der Waals surface area contributed by atoms with Crippen LogP contribution in [-0.4, -0.2) is 43.6 Å². The van der Waals surface area contributed by atoms with Crippen molar-refractivity contribution >= 4 is 22.3 Å². The molecule has 0 radical (unpaired) electrons. The molecule has 0 aliphatic rings. The first-order chi connectivity index (χ1) is 14.0. The normalized spacial score (nSPS) is 10.1. The van der Waals surface area contributed by atoms with Gasteiger partial charge in [-0.3, -0.25) is 13.9 Å². The summed E-state index contributed by atoms with van der Waals surface area (Å²) >= 11 is 0. The second-order valence-corrected chi connectivity index (χ2v) is 6.31. The molecule has 1 amide bonds. The van der Waals surface area contributed by atoms with E-state index in [1.807, 2.05) is 30.3 Å². The summed E-state index contributed by atoms with van der Waals surface area (Å²) in [5, 5.41) is 3.48. The van der Waals surface area contributed by atoms with Crippen LogP contribution in [0.25, 0.3) is 0 Å². The van der Waals surface area contributed by atoms with Gasteiger partial charge in [0.15, 0.2) is 11.5 Å². The summed E-state index contributed by atoms with van der Waals surface area (Å²) in [4.78, 5) is 12.2. The molecule has 2 rings (SSSR count). The van der Waals surface area contributed by atoms with E-state index in [9.17, 15) is 4.79 Å². The van der Waals surface area contributed by atoms with Crippen molar-refractivity contribution in [2.45, 2.75) is 6.61 Å². The van der Waals surface area contributed by atoms with Gasteiger partial charge in [-0.2, -0.15) is 8.42 Å². The minimum Gasteiger partial charge on any atom is -0.493 e. The predicted octanol–water partition coefficient (Wildman–Crippen LogP) is 0.548. The van der Waals surface area contributed by atoms with Crippen molar-refractivity contribution in [3.8, 4) is 17.2 Å². The Bertz CT molecular complexity index is 969. The Hall–Kier alpha value is -3.55. The number of rotatable bonds is 7. The third kappa shape index (κ3) is 9.09. The molecule has 164 valence electrons. The van der Waals surface area contributed by atoms with Crippen molar-refractivity contribution in [1.82, 2.24) is 5.43 Å². The Balaban J connectivity index is 0.000000804. The van der Waals surface area contributed by atoms with E-state index in [0.717, 1.165) is 5.56 Å². The molecule has 0 saturated heterocycles. The number of hydrazone groups is 1. The van der Waals surface area contributed by atoms with Gasteiger partial charge in [0.1, 0.15) is 6.61 Å². The van der Waals surface area contributed by atoms with Crippen molar-refractivity contribution in [3.05, 3.63) is 53.6 Å². The molecule has 2 aromatic rings. The minimum atomic E-state index is -4.67. The standard InChI is InChI=1S/C17H20N4O4.H2O4S/c1-23-13-8-12(16(22)20-21-17(18)19)9-14(15(13)24-2)25-10-11-6-4-3-5-7-11;1-5(2,3)4/h3-9H,10H2,1-2H3,(H,20,22)(H4,18,19,21);(H2,1,2,3,4). The van der Waals surface area contributed by atoms with Crippen LogP contribution in [0.4, 0.5) is 0 Å². The zero-order chi connectivity index (χ0) is 22.7. The molecular formula is C17H22N4O8S. The second kappa shape index (κ2) is 11.5. The maximum atomic E-state index is 12.2. The number of hydrogen-bond acceptors (Lipinski definition) is 7. The number of carbonyl (C=O) groups is 1. The first kappa shape index (κ1) is 24.5. The Morgan fingerprint density at radius 2 is 1.63 bits per heavy atom. The van der Waals surface area contributed by atoms with Gasteiger partial charge in [-0.25, -0.2) is 5.43 Å². The molecule has 0 aromatic heterocycles. The summed E-state index contributed by atoms with van der Waals surface area (Å²) in [5.74, 6) is 0.327. The Morgan fingerprint density at radius 3 is 2.13 bits per heavy atom. The highest BCUT2D eigenvalue weighted by Gasteiger charge is 2.17. The highest BCUT2D eigenvalue weighted by atomic mass is 32.3. The number of nitrogens with zero attached hydrogens (tertiary/aromatic N) is 1. The van der Waals surface area contributed by atoms with Crippen LogP contribution in [0.15, 0.2) is 47.6 Å². The van der Waals surface area contributed by atoms with E-state index in [0.29, 0.717) is 23.9 Å². The Morgan fingerprint density at radius 1 is 1.07 bits per heavy atom. The predicted molar refractivity (Wildman–Crippen MR) is 108 cm³/mol. The summed E-state index contributed by atoms with van der Waals surface area (Å²) in [6.45, 7) is 0.305. The largest absolute Gasteiger partial charge is 0.493 e.